The number of rotatable bonds is 15. The van der Waals surface area contributed by atoms with E-state index in [9.17, 15) is 14.4 Å². The Kier molecular flexibility index (Phi) is 21.7. The number of H-pyrrole nitrogens is 1. The topological polar surface area (TPSA) is 282 Å². The highest BCUT2D eigenvalue weighted by Crippen LogP contribution is 2.38. The van der Waals surface area contributed by atoms with Gasteiger partial charge in [-0.05, 0) is 113 Å². The van der Waals surface area contributed by atoms with Crippen LogP contribution in [0.15, 0.2) is 116 Å². The van der Waals surface area contributed by atoms with Crippen LogP contribution in [0.3, 0.4) is 0 Å². The van der Waals surface area contributed by atoms with Crippen molar-refractivity contribution in [2.75, 3.05) is 19.6 Å². The van der Waals surface area contributed by atoms with Gasteiger partial charge in [0.15, 0.2) is 5.96 Å². The maximum Gasteiger partial charge on any atom is 0.243 e. The lowest BCUT2D eigenvalue weighted by Crippen LogP contribution is -2.62. The molecule has 0 saturated carbocycles. The van der Waals surface area contributed by atoms with Crippen molar-refractivity contribution in [3.05, 3.63) is 138 Å². The highest BCUT2D eigenvalue weighted by Gasteiger charge is 2.43. The number of unbranched alkanes of at least 4 members (excludes halogenated alkanes) is 1. The summed E-state index contributed by atoms with van der Waals surface area (Å²) in [5.41, 5.74) is 16.4. The Morgan fingerprint density at radius 2 is 1.60 bits per heavy atom. The van der Waals surface area contributed by atoms with Crippen LogP contribution < -0.4 is 58.7 Å². The number of amides is 5. The Bertz CT molecular complexity index is 2720. The molecule has 1 saturated heterocycles. The van der Waals surface area contributed by atoms with Gasteiger partial charge in [0.25, 0.3) is 0 Å². The summed E-state index contributed by atoms with van der Waals surface area (Å²) in [6, 6.07) is 18.5. The number of guanidine groups is 1. The van der Waals surface area contributed by atoms with E-state index in [-0.39, 0.29) is 50.1 Å². The molecule has 1 fully saturated rings. The average molecular weight is 1060 g/mol. The van der Waals surface area contributed by atoms with Gasteiger partial charge in [-0.25, -0.2) is 0 Å². The molecule has 2 heterocycles. The third-order valence-electron chi connectivity index (χ3n) is 14.3. The van der Waals surface area contributed by atoms with Gasteiger partial charge in [0.05, 0.1) is 17.7 Å². The largest absolute Gasteiger partial charge is 0.491 e. The van der Waals surface area contributed by atoms with Gasteiger partial charge in [0.2, 0.25) is 29.5 Å². The highest BCUT2D eigenvalue weighted by atomic mass is 16.5. The van der Waals surface area contributed by atoms with E-state index in [0.717, 1.165) is 45.3 Å². The van der Waals surface area contributed by atoms with Gasteiger partial charge >= 0.3 is 0 Å². The molecule has 0 bridgehead atoms. The Labute approximate surface area is 453 Å². The molecule has 18 heteroatoms. The molecule has 1 unspecified atom stereocenters. The molecule has 1 aliphatic carbocycles. The maximum absolute atomic E-state index is 15.3. The predicted molar refractivity (Wildman–Crippen MR) is 304 cm³/mol. The van der Waals surface area contributed by atoms with Gasteiger partial charge in [0.1, 0.15) is 29.9 Å². The standard InChI is InChI=1S/C59H82N12O6/c1-7-8-26-53(72)68-49-31-38(4)35-63-29-15-14-23-48(54(60)73)70-56(75)51(33-43-36-65-47-22-13-12-21-44(43)47)66-39(5)46(24-17-30-64-58(61)62)69-55(74)50(32-41-18-10-9-11-19-41)67-40(6)59(71-57(49)76)28-27-45-42(34-59)20-16-25-52(45)77-37(2)3/h9-13,16,18-22,25,36-37,46,48-51,63,65-67H,4-8,14-15,17,23-24,26-35H2,1-3H3,(H2,60,73)(H,68,72)(H,69,74)(H,70,75)(H,71,76)(H4,61,62,64)/t46-,48-,49-,50+,51-,59?/m0/s1. The highest BCUT2D eigenvalue weighted by molar-refractivity contribution is 5.91. The van der Waals surface area contributed by atoms with E-state index >= 15 is 9.59 Å². The summed E-state index contributed by atoms with van der Waals surface area (Å²) < 4.78 is 6.28. The molecule has 1 aromatic heterocycles. The molecule has 3 aromatic carbocycles. The number of para-hydroxylation sites is 1. The van der Waals surface area contributed by atoms with Crippen molar-refractivity contribution >= 4 is 46.4 Å². The number of aromatic amines is 1. The number of nitrogens with one attached hydrogen (secondary N) is 10. The number of hydrogen-bond donors (Lipinski definition) is 12. The molecule has 1 aliphatic heterocycles. The molecule has 14 N–H and O–H groups in total. The molecule has 6 rings (SSSR count). The SMILES string of the molecule is C=C1CNCCCC[C@@H](C(N)=O)NC(=O)[C@H](Cc2c[nH]c3ccccc23)NC(=C)[C@H](CCCNC(=N)N)NC(=O)[C@@H](Cc2ccccc2)NC(=C)C2(CCc3c(cccc3OC(C)C)C2)NC(=O)[C@@H](NC(=O)CCCC)C1. The fourth-order valence-electron chi connectivity index (χ4n) is 10.1. The monoisotopic (exact) mass is 1050 g/mol. The fraction of sp³-hybridized carbons (Fsp3) is 0.458. The van der Waals surface area contributed by atoms with E-state index in [1.54, 1.807) is 0 Å². The average Bonchev–Trinajstić information content (AvgIpc) is 3.80. The quantitative estimate of drug-likeness (QED) is 0.0331. The second kappa shape index (κ2) is 28.5. The number of fused-ring (bicyclic) bond motifs is 2. The molecule has 18 nitrogen and oxygen atoms in total. The number of benzene rings is 3. The van der Waals surface area contributed by atoms with E-state index in [1.807, 2.05) is 99.8 Å². The Morgan fingerprint density at radius 3 is 2.34 bits per heavy atom. The second-order valence-electron chi connectivity index (χ2n) is 20.8. The second-order valence-corrected chi connectivity index (χ2v) is 20.8. The Morgan fingerprint density at radius 1 is 0.857 bits per heavy atom. The predicted octanol–water partition coefficient (Wildman–Crippen LogP) is 4.84. The van der Waals surface area contributed by atoms with Crippen molar-refractivity contribution in [2.45, 2.75) is 153 Å². The van der Waals surface area contributed by atoms with Crippen molar-refractivity contribution in [2.24, 2.45) is 11.5 Å². The zero-order chi connectivity index (χ0) is 55.5. The van der Waals surface area contributed by atoms with Crippen LogP contribution in [-0.2, 0) is 49.7 Å². The smallest absolute Gasteiger partial charge is 0.243 e. The normalized spacial score (nSPS) is 22.6. The number of primary amides is 1. The first-order valence-corrected chi connectivity index (χ1v) is 27.2. The van der Waals surface area contributed by atoms with E-state index in [2.05, 4.69) is 67.3 Å². The fourth-order valence-corrected chi connectivity index (χ4v) is 10.1. The van der Waals surface area contributed by atoms with Gasteiger partial charge in [-0.1, -0.05) is 99.3 Å². The summed E-state index contributed by atoms with van der Waals surface area (Å²) in [6.45, 7) is 20.5. The Balaban J connectivity index is 1.41. The molecular formula is C59H82N12O6. The number of ether oxygens (including phenoxy) is 1. The molecular weight excluding hydrogens is 973 g/mol. The van der Waals surface area contributed by atoms with Crippen LogP contribution in [-0.4, -0.2) is 102 Å². The summed E-state index contributed by atoms with van der Waals surface area (Å²) in [7, 11) is 0. The van der Waals surface area contributed by atoms with Crippen LogP contribution in [0, 0.1) is 5.41 Å². The van der Waals surface area contributed by atoms with Gasteiger partial charge < -0.3 is 63.7 Å². The molecule has 4 aromatic rings. The summed E-state index contributed by atoms with van der Waals surface area (Å²) in [5.74, 6) is -1.68. The van der Waals surface area contributed by atoms with Crippen LogP contribution in [0.2, 0.25) is 0 Å². The minimum absolute atomic E-state index is 0.0737. The van der Waals surface area contributed by atoms with E-state index in [1.165, 1.54) is 0 Å². The minimum Gasteiger partial charge on any atom is -0.491 e. The lowest BCUT2D eigenvalue weighted by atomic mass is 9.75. The van der Waals surface area contributed by atoms with Crippen LogP contribution in [0.25, 0.3) is 10.9 Å². The van der Waals surface area contributed by atoms with Crippen LogP contribution in [0.4, 0.5) is 0 Å². The first kappa shape index (κ1) is 58.7. The number of aromatic nitrogens is 1. The number of hydrogen-bond acceptors (Lipinski definition) is 10. The van der Waals surface area contributed by atoms with Crippen molar-refractivity contribution in [1.82, 2.24) is 47.5 Å². The molecule has 0 radical (unpaired) electrons. The first-order chi connectivity index (χ1) is 36.9. The molecule has 1 spiro atoms. The molecule has 77 heavy (non-hydrogen) atoms. The van der Waals surface area contributed by atoms with Crippen molar-refractivity contribution in [1.29, 1.82) is 5.41 Å². The van der Waals surface area contributed by atoms with Crippen LogP contribution in [0.1, 0.15) is 107 Å². The van der Waals surface area contributed by atoms with Crippen LogP contribution >= 0.6 is 0 Å². The summed E-state index contributed by atoms with van der Waals surface area (Å²) in [4.78, 5) is 74.6. The van der Waals surface area contributed by atoms with Crippen molar-refractivity contribution in [3.63, 3.8) is 0 Å². The van der Waals surface area contributed by atoms with Gasteiger partial charge in [-0.2, -0.15) is 0 Å². The van der Waals surface area contributed by atoms with Gasteiger partial charge in [-0.3, -0.25) is 29.4 Å². The third kappa shape index (κ3) is 17.2. The molecule has 5 amide bonds. The van der Waals surface area contributed by atoms with E-state index in [0.29, 0.717) is 88.0 Å². The summed E-state index contributed by atoms with van der Waals surface area (Å²) in [5, 5.41) is 34.4. The zero-order valence-corrected chi connectivity index (χ0v) is 45.2. The minimum atomic E-state index is -1.16. The molecule has 6 atom stereocenters. The number of nitrogens with two attached hydrogens (primary N) is 2. The summed E-state index contributed by atoms with van der Waals surface area (Å²) >= 11 is 0. The maximum atomic E-state index is 15.3. The van der Waals surface area contributed by atoms with E-state index in [4.69, 9.17) is 21.6 Å². The van der Waals surface area contributed by atoms with Gasteiger partial charge in [-0.15, -0.1) is 0 Å². The summed E-state index contributed by atoms with van der Waals surface area (Å²) in [6.07, 6.45) is 7.41. The first-order valence-electron chi connectivity index (χ1n) is 27.2. The van der Waals surface area contributed by atoms with Crippen molar-refractivity contribution in [3.8, 4) is 5.75 Å². The lowest BCUT2D eigenvalue weighted by Gasteiger charge is -2.43. The molecule has 2 aliphatic rings. The van der Waals surface area contributed by atoms with Gasteiger partial charge in [0, 0.05) is 67.3 Å². The number of carbonyl (C=O) groups is 5. The van der Waals surface area contributed by atoms with Crippen molar-refractivity contribution < 1.29 is 28.7 Å². The Hall–Kier alpha value is -7.60. The number of carbonyl (C=O) groups excluding carboxylic acids is 5. The van der Waals surface area contributed by atoms with Crippen LogP contribution in [0.5, 0.6) is 5.75 Å². The van der Waals surface area contributed by atoms with E-state index < -0.39 is 59.4 Å². The lowest BCUT2D eigenvalue weighted by molar-refractivity contribution is -0.130. The molecule has 414 valence electrons. The third-order valence-corrected chi connectivity index (χ3v) is 14.3. The zero-order valence-electron chi connectivity index (χ0n) is 45.2.